The van der Waals surface area contributed by atoms with Crippen LogP contribution in [0.15, 0.2) is 78.9 Å². The Morgan fingerprint density at radius 2 is 1.47 bits per heavy atom. The number of benzene rings is 3. The van der Waals surface area contributed by atoms with Crippen molar-refractivity contribution in [3.8, 4) is 5.75 Å². The summed E-state index contributed by atoms with van der Waals surface area (Å²) in [5.74, 6) is -2.40. The Morgan fingerprint density at radius 3 is 2.23 bits per heavy atom. The van der Waals surface area contributed by atoms with Gasteiger partial charge in [-0.25, -0.2) is 9.18 Å². The number of nitrogens with one attached hydrogen (secondary N) is 1. The van der Waals surface area contributed by atoms with E-state index in [0.29, 0.717) is 16.8 Å². The summed E-state index contributed by atoms with van der Waals surface area (Å²) in [4.78, 5) is 36.6. The number of rotatable bonds is 8. The highest BCUT2D eigenvalue weighted by Gasteiger charge is 2.16. The second kappa shape index (κ2) is 9.97. The molecule has 0 saturated carbocycles. The Kier molecular flexibility index (Phi) is 6.89. The molecule has 0 aliphatic rings. The van der Waals surface area contributed by atoms with E-state index in [2.05, 4.69) is 5.32 Å². The summed E-state index contributed by atoms with van der Waals surface area (Å²) in [5, 5.41) is 2.56. The summed E-state index contributed by atoms with van der Waals surface area (Å²) >= 11 is 0. The zero-order valence-corrected chi connectivity index (χ0v) is 15.8. The summed E-state index contributed by atoms with van der Waals surface area (Å²) in [6.07, 6.45) is 0. The number of ether oxygens (including phenoxy) is 2. The average Bonchev–Trinajstić information content (AvgIpc) is 2.77. The molecule has 0 saturated heterocycles. The standard InChI is InChI=1S/C23H18FNO5/c24-18-11-5-7-13-20(18)29-15-22(27)30-14-21(26)25-19-12-6-4-10-17(19)23(28)16-8-2-1-3-9-16/h1-13H,14-15H2,(H,25,26). The maximum absolute atomic E-state index is 13.5. The van der Waals surface area contributed by atoms with Crippen molar-refractivity contribution in [1.29, 1.82) is 0 Å². The van der Waals surface area contributed by atoms with Crippen LogP contribution in [0.3, 0.4) is 0 Å². The number of halogens is 1. The molecule has 0 atom stereocenters. The number of anilines is 1. The molecule has 0 aromatic heterocycles. The van der Waals surface area contributed by atoms with Crippen LogP contribution in [0.5, 0.6) is 5.75 Å². The van der Waals surface area contributed by atoms with Gasteiger partial charge >= 0.3 is 5.97 Å². The van der Waals surface area contributed by atoms with Gasteiger partial charge in [-0.3, -0.25) is 9.59 Å². The number of carbonyl (C=O) groups excluding carboxylic acids is 3. The molecule has 0 aliphatic carbocycles. The van der Waals surface area contributed by atoms with Crippen molar-refractivity contribution in [2.24, 2.45) is 0 Å². The van der Waals surface area contributed by atoms with Gasteiger partial charge < -0.3 is 14.8 Å². The summed E-state index contributed by atoms with van der Waals surface area (Å²) in [6, 6.07) is 20.8. The second-order valence-corrected chi connectivity index (χ2v) is 6.17. The second-order valence-electron chi connectivity index (χ2n) is 6.17. The fourth-order valence-corrected chi connectivity index (χ4v) is 2.61. The normalized spacial score (nSPS) is 10.2. The van der Waals surface area contributed by atoms with E-state index in [1.54, 1.807) is 60.7 Å². The van der Waals surface area contributed by atoms with Crippen molar-refractivity contribution in [1.82, 2.24) is 0 Å². The van der Waals surface area contributed by atoms with Gasteiger partial charge in [-0.05, 0) is 24.3 Å². The van der Waals surface area contributed by atoms with Crippen molar-refractivity contribution < 1.29 is 28.2 Å². The fourth-order valence-electron chi connectivity index (χ4n) is 2.61. The highest BCUT2D eigenvalue weighted by Crippen LogP contribution is 2.19. The molecule has 3 aromatic carbocycles. The predicted octanol–water partition coefficient (Wildman–Crippen LogP) is 3.62. The van der Waals surface area contributed by atoms with E-state index in [1.807, 2.05) is 0 Å². The average molecular weight is 407 g/mol. The molecule has 1 N–H and O–H groups in total. The SMILES string of the molecule is O=C(COC(=O)COc1ccccc1F)Nc1ccccc1C(=O)c1ccccc1. The van der Waals surface area contributed by atoms with E-state index in [9.17, 15) is 18.8 Å². The van der Waals surface area contributed by atoms with Crippen LogP contribution < -0.4 is 10.1 Å². The summed E-state index contributed by atoms with van der Waals surface area (Å²) < 4.78 is 23.3. The minimum Gasteiger partial charge on any atom is -0.479 e. The number of carbonyl (C=O) groups is 3. The monoisotopic (exact) mass is 407 g/mol. The lowest BCUT2D eigenvalue weighted by molar-refractivity contribution is -0.149. The maximum atomic E-state index is 13.5. The van der Waals surface area contributed by atoms with Gasteiger partial charge in [0.15, 0.2) is 30.6 Å². The van der Waals surface area contributed by atoms with Gasteiger partial charge in [0.2, 0.25) is 0 Å². The van der Waals surface area contributed by atoms with E-state index < -0.39 is 30.9 Å². The number of hydrogen-bond donors (Lipinski definition) is 1. The van der Waals surface area contributed by atoms with E-state index in [1.165, 1.54) is 18.2 Å². The first-order valence-corrected chi connectivity index (χ1v) is 9.06. The van der Waals surface area contributed by atoms with Gasteiger partial charge in [-0.1, -0.05) is 54.6 Å². The van der Waals surface area contributed by atoms with Crippen LogP contribution in [0.2, 0.25) is 0 Å². The fraction of sp³-hybridized carbons (Fsp3) is 0.0870. The summed E-state index contributed by atoms with van der Waals surface area (Å²) in [7, 11) is 0. The lowest BCUT2D eigenvalue weighted by atomic mass is 10.0. The van der Waals surface area contributed by atoms with E-state index >= 15 is 0 Å². The van der Waals surface area contributed by atoms with Gasteiger partial charge in [0, 0.05) is 11.1 Å². The number of hydrogen-bond acceptors (Lipinski definition) is 5. The topological polar surface area (TPSA) is 81.7 Å². The van der Waals surface area contributed by atoms with Gasteiger partial charge in [0.25, 0.3) is 5.91 Å². The van der Waals surface area contributed by atoms with Crippen molar-refractivity contribution in [2.75, 3.05) is 18.5 Å². The molecular weight excluding hydrogens is 389 g/mol. The number of ketones is 1. The first-order valence-electron chi connectivity index (χ1n) is 9.06. The molecule has 1 amide bonds. The highest BCUT2D eigenvalue weighted by molar-refractivity contribution is 6.13. The molecular formula is C23H18FNO5. The summed E-state index contributed by atoms with van der Waals surface area (Å²) in [6.45, 7) is -1.12. The first kappa shape index (κ1) is 20.7. The quantitative estimate of drug-likeness (QED) is 0.456. The maximum Gasteiger partial charge on any atom is 0.344 e. The predicted molar refractivity (Wildman–Crippen MR) is 108 cm³/mol. The lowest BCUT2D eigenvalue weighted by Crippen LogP contribution is -2.24. The van der Waals surface area contributed by atoms with Crippen LogP contribution in [0.4, 0.5) is 10.1 Å². The molecule has 0 spiro atoms. The molecule has 6 nitrogen and oxygen atoms in total. The van der Waals surface area contributed by atoms with Crippen LogP contribution in [0.1, 0.15) is 15.9 Å². The molecule has 3 aromatic rings. The van der Waals surface area contributed by atoms with Crippen LogP contribution in [0.25, 0.3) is 0 Å². The van der Waals surface area contributed by atoms with Gasteiger partial charge in [0.1, 0.15) is 0 Å². The molecule has 0 radical (unpaired) electrons. The minimum atomic E-state index is -0.831. The van der Waals surface area contributed by atoms with Crippen LogP contribution in [-0.4, -0.2) is 30.9 Å². The zero-order valence-electron chi connectivity index (χ0n) is 15.8. The van der Waals surface area contributed by atoms with E-state index in [0.717, 1.165) is 0 Å². The molecule has 30 heavy (non-hydrogen) atoms. The Morgan fingerprint density at radius 1 is 0.800 bits per heavy atom. The van der Waals surface area contributed by atoms with E-state index in [4.69, 9.17) is 9.47 Å². The van der Waals surface area contributed by atoms with Crippen molar-refractivity contribution in [2.45, 2.75) is 0 Å². The van der Waals surface area contributed by atoms with Gasteiger partial charge in [0.05, 0.1) is 5.69 Å². The third kappa shape index (κ3) is 5.51. The van der Waals surface area contributed by atoms with Gasteiger partial charge in [-0.2, -0.15) is 0 Å². The van der Waals surface area contributed by atoms with Crippen molar-refractivity contribution in [3.05, 3.63) is 95.8 Å². The van der Waals surface area contributed by atoms with Crippen molar-refractivity contribution in [3.63, 3.8) is 0 Å². The first-order chi connectivity index (χ1) is 14.5. The minimum absolute atomic E-state index is 0.0905. The van der Waals surface area contributed by atoms with Gasteiger partial charge in [-0.15, -0.1) is 0 Å². The van der Waals surface area contributed by atoms with Crippen LogP contribution >= 0.6 is 0 Å². The van der Waals surface area contributed by atoms with Crippen LogP contribution in [0, 0.1) is 5.82 Å². The molecule has 0 heterocycles. The van der Waals surface area contributed by atoms with Crippen molar-refractivity contribution >= 4 is 23.3 Å². The third-order valence-electron chi connectivity index (χ3n) is 4.03. The highest BCUT2D eigenvalue weighted by atomic mass is 19.1. The number of para-hydroxylation sites is 2. The van der Waals surface area contributed by atoms with E-state index in [-0.39, 0.29) is 11.5 Å². The largest absolute Gasteiger partial charge is 0.479 e. The molecule has 0 fully saturated rings. The third-order valence-corrected chi connectivity index (χ3v) is 4.03. The molecule has 0 unspecified atom stereocenters. The Labute approximate surface area is 172 Å². The van der Waals surface area contributed by atoms with Crippen LogP contribution in [-0.2, 0) is 14.3 Å². The molecule has 3 rings (SSSR count). The number of amides is 1. The molecule has 152 valence electrons. The Balaban J connectivity index is 1.55. The Bertz CT molecular complexity index is 1050. The number of esters is 1. The Hall–Kier alpha value is -4.00. The lowest BCUT2D eigenvalue weighted by Gasteiger charge is -2.11. The molecule has 0 aliphatic heterocycles. The zero-order chi connectivity index (χ0) is 21.3. The summed E-state index contributed by atoms with van der Waals surface area (Å²) in [5.41, 5.74) is 1.09. The molecule has 7 heteroatoms. The smallest absolute Gasteiger partial charge is 0.344 e. The molecule has 0 bridgehead atoms.